The van der Waals surface area contributed by atoms with Gasteiger partial charge in [0.25, 0.3) is 0 Å². The zero-order valence-electron chi connectivity index (χ0n) is 13.1. The Labute approximate surface area is 150 Å². The molecule has 0 radical (unpaired) electrons. The van der Waals surface area contributed by atoms with Crippen LogP contribution < -0.4 is 5.32 Å². The van der Waals surface area contributed by atoms with Crippen LogP contribution in [-0.4, -0.2) is 31.1 Å². The maximum absolute atomic E-state index is 3.76. The van der Waals surface area contributed by atoms with Crippen LogP contribution in [0.1, 0.15) is 37.4 Å². The highest BCUT2D eigenvalue weighted by atomic mass is 79.9. The van der Waals surface area contributed by atoms with Crippen LogP contribution in [0.15, 0.2) is 22.7 Å². The molecular formula is C16H27BrCl2N2. The van der Waals surface area contributed by atoms with Crippen molar-refractivity contribution >= 4 is 40.7 Å². The predicted octanol–water partition coefficient (Wildman–Crippen LogP) is 4.59. The minimum atomic E-state index is 0. The van der Waals surface area contributed by atoms with Gasteiger partial charge in [-0.2, -0.15) is 0 Å². The van der Waals surface area contributed by atoms with Crippen molar-refractivity contribution in [3.05, 3.63) is 33.8 Å². The van der Waals surface area contributed by atoms with Crippen molar-refractivity contribution in [1.82, 2.24) is 10.2 Å². The molecule has 5 heteroatoms. The maximum Gasteiger partial charge on any atom is 0.0362 e. The van der Waals surface area contributed by atoms with Gasteiger partial charge >= 0.3 is 0 Å². The van der Waals surface area contributed by atoms with E-state index in [0.717, 1.165) is 26.2 Å². The minimum Gasteiger partial charge on any atom is -0.314 e. The van der Waals surface area contributed by atoms with E-state index in [2.05, 4.69) is 65.1 Å². The van der Waals surface area contributed by atoms with E-state index in [-0.39, 0.29) is 24.8 Å². The topological polar surface area (TPSA) is 15.3 Å². The molecule has 0 aromatic heterocycles. The van der Waals surface area contributed by atoms with Gasteiger partial charge in [-0.3, -0.25) is 4.90 Å². The Kier molecular flexibility index (Phi) is 10.2. The predicted molar refractivity (Wildman–Crippen MR) is 100 cm³/mol. The molecule has 1 aliphatic heterocycles. The lowest BCUT2D eigenvalue weighted by Gasteiger charge is -2.36. The van der Waals surface area contributed by atoms with Crippen molar-refractivity contribution in [3.63, 3.8) is 0 Å². The van der Waals surface area contributed by atoms with E-state index in [1.165, 1.54) is 22.0 Å². The molecule has 0 bridgehead atoms. The first-order valence-electron chi connectivity index (χ1n) is 7.28. The average Bonchev–Trinajstić information content (AvgIpc) is 2.37. The summed E-state index contributed by atoms with van der Waals surface area (Å²) in [6.07, 6.45) is 1.22. The molecule has 122 valence electrons. The van der Waals surface area contributed by atoms with E-state index in [9.17, 15) is 0 Å². The Balaban J connectivity index is 0.00000200. The van der Waals surface area contributed by atoms with E-state index in [1.807, 2.05) is 0 Å². The minimum absolute atomic E-state index is 0. The van der Waals surface area contributed by atoms with Crippen LogP contribution in [0.5, 0.6) is 0 Å². The molecule has 1 atom stereocenters. The summed E-state index contributed by atoms with van der Waals surface area (Å²) in [7, 11) is 0. The van der Waals surface area contributed by atoms with Crippen molar-refractivity contribution in [2.24, 2.45) is 5.92 Å². The summed E-state index contributed by atoms with van der Waals surface area (Å²) in [5.41, 5.74) is 2.76. The van der Waals surface area contributed by atoms with Gasteiger partial charge in [-0.15, -0.1) is 24.8 Å². The van der Waals surface area contributed by atoms with Crippen LogP contribution in [0.3, 0.4) is 0 Å². The number of benzene rings is 1. The lowest BCUT2D eigenvalue weighted by atomic mass is 9.94. The Morgan fingerprint density at radius 2 is 1.81 bits per heavy atom. The van der Waals surface area contributed by atoms with Gasteiger partial charge in [0, 0.05) is 36.7 Å². The van der Waals surface area contributed by atoms with E-state index in [1.54, 1.807) is 0 Å². The third kappa shape index (κ3) is 6.07. The number of rotatable bonds is 4. The Morgan fingerprint density at radius 1 is 1.19 bits per heavy atom. The highest BCUT2D eigenvalue weighted by Crippen LogP contribution is 2.33. The number of nitrogens with one attached hydrogen (secondary N) is 1. The fourth-order valence-electron chi connectivity index (χ4n) is 2.82. The number of nitrogens with zero attached hydrogens (tertiary/aromatic N) is 1. The molecule has 21 heavy (non-hydrogen) atoms. The van der Waals surface area contributed by atoms with Gasteiger partial charge in [-0.1, -0.05) is 41.9 Å². The first-order valence-corrected chi connectivity index (χ1v) is 8.08. The summed E-state index contributed by atoms with van der Waals surface area (Å²) in [6, 6.07) is 7.31. The van der Waals surface area contributed by atoms with Gasteiger partial charge in [-0.25, -0.2) is 0 Å². The molecule has 1 aliphatic rings. The zero-order valence-corrected chi connectivity index (χ0v) is 16.3. The normalized spacial score (nSPS) is 17.0. The molecule has 1 aromatic rings. The van der Waals surface area contributed by atoms with Crippen molar-refractivity contribution in [2.75, 3.05) is 26.2 Å². The van der Waals surface area contributed by atoms with Gasteiger partial charge in [0.15, 0.2) is 0 Å². The number of hydrogen-bond donors (Lipinski definition) is 1. The lowest BCUT2D eigenvalue weighted by Crippen LogP contribution is -2.45. The molecule has 1 aromatic carbocycles. The molecule has 1 fully saturated rings. The first kappa shape index (κ1) is 21.2. The molecule has 1 N–H and O–H groups in total. The second kappa shape index (κ2) is 10.1. The van der Waals surface area contributed by atoms with E-state index in [4.69, 9.17) is 0 Å². The van der Waals surface area contributed by atoms with Crippen LogP contribution in [0, 0.1) is 12.8 Å². The molecular weight excluding hydrogens is 371 g/mol. The van der Waals surface area contributed by atoms with Crippen molar-refractivity contribution in [1.29, 1.82) is 0 Å². The van der Waals surface area contributed by atoms with Gasteiger partial charge in [0.2, 0.25) is 0 Å². The molecule has 1 heterocycles. The Bertz CT molecular complexity index is 421. The van der Waals surface area contributed by atoms with Gasteiger partial charge in [-0.05, 0) is 36.5 Å². The monoisotopic (exact) mass is 396 g/mol. The largest absolute Gasteiger partial charge is 0.314 e. The SMILES string of the molecule is Cc1ccc([C@H](CC(C)C)N2CCNCC2)c(Br)c1.Cl.Cl. The summed E-state index contributed by atoms with van der Waals surface area (Å²) >= 11 is 3.76. The molecule has 2 rings (SSSR count). The average molecular weight is 398 g/mol. The van der Waals surface area contributed by atoms with E-state index < -0.39 is 0 Å². The second-order valence-corrected chi connectivity index (χ2v) is 6.81. The summed E-state index contributed by atoms with van der Waals surface area (Å²) in [5, 5.41) is 3.44. The highest BCUT2D eigenvalue weighted by Gasteiger charge is 2.24. The van der Waals surface area contributed by atoms with Crippen LogP contribution in [0.2, 0.25) is 0 Å². The molecule has 0 unspecified atom stereocenters. The van der Waals surface area contributed by atoms with Gasteiger partial charge in [0.1, 0.15) is 0 Å². The Morgan fingerprint density at radius 3 is 2.33 bits per heavy atom. The summed E-state index contributed by atoms with van der Waals surface area (Å²) in [6.45, 7) is 11.3. The van der Waals surface area contributed by atoms with Gasteiger partial charge < -0.3 is 5.32 Å². The van der Waals surface area contributed by atoms with E-state index in [0.29, 0.717) is 12.0 Å². The molecule has 2 nitrogen and oxygen atoms in total. The number of piperazine rings is 1. The molecule has 1 saturated heterocycles. The fourth-order valence-corrected chi connectivity index (χ4v) is 3.57. The zero-order chi connectivity index (χ0) is 13.8. The summed E-state index contributed by atoms with van der Waals surface area (Å²) < 4.78 is 1.26. The Hall–Kier alpha value is 0.200. The summed E-state index contributed by atoms with van der Waals surface area (Å²) in [5.74, 6) is 0.716. The third-order valence-electron chi connectivity index (χ3n) is 3.80. The third-order valence-corrected chi connectivity index (χ3v) is 4.49. The lowest BCUT2D eigenvalue weighted by molar-refractivity contribution is 0.153. The van der Waals surface area contributed by atoms with Crippen molar-refractivity contribution in [3.8, 4) is 0 Å². The van der Waals surface area contributed by atoms with Crippen molar-refractivity contribution < 1.29 is 0 Å². The molecule has 0 saturated carbocycles. The first-order chi connectivity index (χ1) is 9.08. The number of aryl methyl sites for hydroxylation is 1. The fraction of sp³-hybridized carbons (Fsp3) is 0.625. The molecule has 0 aliphatic carbocycles. The van der Waals surface area contributed by atoms with Crippen LogP contribution in [0.4, 0.5) is 0 Å². The van der Waals surface area contributed by atoms with Crippen LogP contribution in [-0.2, 0) is 0 Å². The van der Waals surface area contributed by atoms with E-state index >= 15 is 0 Å². The summed E-state index contributed by atoms with van der Waals surface area (Å²) in [4.78, 5) is 2.63. The number of halogens is 3. The van der Waals surface area contributed by atoms with Crippen LogP contribution in [0.25, 0.3) is 0 Å². The molecule has 0 spiro atoms. The highest BCUT2D eigenvalue weighted by molar-refractivity contribution is 9.10. The van der Waals surface area contributed by atoms with Crippen molar-refractivity contribution in [2.45, 2.75) is 33.2 Å². The smallest absolute Gasteiger partial charge is 0.0362 e. The number of hydrogen-bond acceptors (Lipinski definition) is 2. The standard InChI is InChI=1S/C16H25BrN2.2ClH/c1-12(2)10-16(19-8-6-18-7-9-19)14-5-4-13(3)11-15(14)17;;/h4-5,11-12,16,18H,6-10H2,1-3H3;2*1H/t16-;;/m0../s1. The van der Waals surface area contributed by atoms with Crippen LogP contribution >= 0.6 is 40.7 Å². The van der Waals surface area contributed by atoms with Gasteiger partial charge in [0.05, 0.1) is 0 Å². The maximum atomic E-state index is 3.76. The molecule has 0 amide bonds. The second-order valence-electron chi connectivity index (χ2n) is 5.96. The quantitative estimate of drug-likeness (QED) is 0.798.